The van der Waals surface area contributed by atoms with Gasteiger partial charge in [0.05, 0.1) is 0 Å². The number of anilines is 1. The molecule has 1 heterocycles. The molecular weight excluding hydrogens is 358 g/mol. The molecule has 1 amide bonds. The highest BCUT2D eigenvalue weighted by atomic mass is 35.5. The Morgan fingerprint density at radius 2 is 1.96 bits per heavy atom. The van der Waals surface area contributed by atoms with Crippen LogP contribution in [0, 0.1) is 13.8 Å². The summed E-state index contributed by atoms with van der Waals surface area (Å²) in [7, 11) is 0. The lowest BCUT2D eigenvalue weighted by atomic mass is 10.1. The van der Waals surface area contributed by atoms with Gasteiger partial charge in [-0.05, 0) is 37.6 Å². The first kappa shape index (κ1) is 17.4. The largest absolute Gasteiger partial charge is 0.483 e. The molecule has 25 heavy (non-hydrogen) atoms. The number of benzene rings is 2. The Kier molecular flexibility index (Phi) is 5.31. The third kappa shape index (κ3) is 4.55. The predicted molar refractivity (Wildman–Crippen MR) is 100 cm³/mol. The van der Waals surface area contributed by atoms with E-state index in [1.165, 1.54) is 5.56 Å². The van der Waals surface area contributed by atoms with E-state index < -0.39 is 0 Å². The van der Waals surface area contributed by atoms with E-state index in [-0.39, 0.29) is 12.5 Å². The van der Waals surface area contributed by atoms with E-state index in [1.807, 2.05) is 38.1 Å². The van der Waals surface area contributed by atoms with Crippen LogP contribution in [-0.4, -0.2) is 21.9 Å². The number of hydrogen-bond acceptors (Lipinski definition) is 5. The number of nitrogens with zero attached hydrogens (tertiary/aromatic N) is 2. The second-order valence-electron chi connectivity index (χ2n) is 5.54. The molecule has 5 nitrogen and oxygen atoms in total. The van der Waals surface area contributed by atoms with E-state index in [2.05, 4.69) is 14.7 Å². The van der Waals surface area contributed by atoms with Crippen LogP contribution in [0.15, 0.2) is 42.5 Å². The molecule has 3 rings (SSSR count). The zero-order chi connectivity index (χ0) is 17.8. The normalized spacial score (nSPS) is 10.5. The molecule has 0 spiro atoms. The summed E-state index contributed by atoms with van der Waals surface area (Å²) in [5.74, 6) is 0.924. The van der Waals surface area contributed by atoms with Gasteiger partial charge in [-0.15, -0.1) is 0 Å². The predicted octanol–water partition coefficient (Wildman–Crippen LogP) is 4.49. The van der Waals surface area contributed by atoms with Crippen molar-refractivity contribution in [2.24, 2.45) is 0 Å². The van der Waals surface area contributed by atoms with Crippen LogP contribution in [0.5, 0.6) is 5.75 Å². The number of hydrogen-bond donors (Lipinski definition) is 1. The van der Waals surface area contributed by atoms with Crippen molar-refractivity contribution in [3.8, 4) is 17.1 Å². The van der Waals surface area contributed by atoms with Gasteiger partial charge in [0.1, 0.15) is 5.75 Å². The number of carbonyl (C=O) groups is 1. The van der Waals surface area contributed by atoms with Gasteiger partial charge >= 0.3 is 0 Å². The maximum Gasteiger partial charge on any atom is 0.264 e. The van der Waals surface area contributed by atoms with Gasteiger partial charge < -0.3 is 4.74 Å². The maximum absolute atomic E-state index is 12.0. The van der Waals surface area contributed by atoms with Gasteiger partial charge in [-0.3, -0.25) is 10.1 Å². The number of nitrogens with one attached hydrogen (secondary N) is 1. The minimum absolute atomic E-state index is 0.109. The minimum Gasteiger partial charge on any atom is -0.483 e. The van der Waals surface area contributed by atoms with Gasteiger partial charge in [-0.2, -0.15) is 9.36 Å². The van der Waals surface area contributed by atoms with Crippen LogP contribution in [0.2, 0.25) is 5.02 Å². The van der Waals surface area contributed by atoms with E-state index in [1.54, 1.807) is 18.2 Å². The van der Waals surface area contributed by atoms with Gasteiger partial charge in [-0.1, -0.05) is 41.4 Å². The van der Waals surface area contributed by atoms with E-state index in [0.29, 0.717) is 21.7 Å². The molecule has 0 aliphatic heterocycles. The Morgan fingerprint density at radius 3 is 2.68 bits per heavy atom. The molecule has 0 aliphatic rings. The lowest BCUT2D eigenvalue weighted by Gasteiger charge is -2.08. The van der Waals surface area contributed by atoms with Crippen LogP contribution < -0.4 is 10.1 Å². The van der Waals surface area contributed by atoms with E-state index in [4.69, 9.17) is 16.3 Å². The maximum atomic E-state index is 12.0. The van der Waals surface area contributed by atoms with Gasteiger partial charge in [-0.25, -0.2) is 0 Å². The third-order valence-electron chi connectivity index (χ3n) is 3.48. The Balaban J connectivity index is 1.59. The Hall–Kier alpha value is -2.44. The summed E-state index contributed by atoms with van der Waals surface area (Å²) in [5.41, 5.74) is 2.95. The summed E-state index contributed by atoms with van der Waals surface area (Å²) < 4.78 is 9.79. The first-order valence-electron chi connectivity index (χ1n) is 7.61. The molecule has 3 aromatic rings. The van der Waals surface area contributed by atoms with Crippen molar-refractivity contribution in [2.45, 2.75) is 13.8 Å². The smallest absolute Gasteiger partial charge is 0.264 e. The number of ether oxygens (including phenoxy) is 1. The van der Waals surface area contributed by atoms with Crippen LogP contribution in [0.4, 0.5) is 5.13 Å². The first-order chi connectivity index (χ1) is 12.0. The van der Waals surface area contributed by atoms with Crippen molar-refractivity contribution in [3.63, 3.8) is 0 Å². The molecular formula is C18H16ClN3O2S. The number of halogens is 1. The van der Waals surface area contributed by atoms with Crippen molar-refractivity contribution in [3.05, 3.63) is 58.6 Å². The van der Waals surface area contributed by atoms with Crippen LogP contribution >= 0.6 is 23.1 Å². The number of carbonyl (C=O) groups excluding carboxylic acids is 1. The molecule has 0 saturated heterocycles. The van der Waals surface area contributed by atoms with Gasteiger partial charge in [0, 0.05) is 22.1 Å². The number of aryl methyl sites for hydroxylation is 2. The topological polar surface area (TPSA) is 64.1 Å². The summed E-state index contributed by atoms with van der Waals surface area (Å²) in [6.45, 7) is 3.78. The van der Waals surface area contributed by atoms with Crippen molar-refractivity contribution < 1.29 is 9.53 Å². The van der Waals surface area contributed by atoms with E-state index in [9.17, 15) is 4.79 Å². The Bertz CT molecular complexity index is 894. The Labute approximate surface area is 154 Å². The first-order valence-corrected chi connectivity index (χ1v) is 8.76. The number of aromatic nitrogens is 2. The fourth-order valence-electron chi connectivity index (χ4n) is 2.17. The van der Waals surface area contributed by atoms with Crippen LogP contribution in [0.3, 0.4) is 0 Å². The third-order valence-corrected chi connectivity index (χ3v) is 4.34. The monoisotopic (exact) mass is 373 g/mol. The number of amides is 1. The van der Waals surface area contributed by atoms with Crippen LogP contribution in [0.1, 0.15) is 11.1 Å². The van der Waals surface area contributed by atoms with Crippen molar-refractivity contribution in [2.75, 3.05) is 11.9 Å². The second-order valence-corrected chi connectivity index (χ2v) is 6.72. The summed E-state index contributed by atoms with van der Waals surface area (Å²) in [4.78, 5) is 16.4. The summed E-state index contributed by atoms with van der Waals surface area (Å²) in [6.07, 6.45) is 0. The average molecular weight is 374 g/mol. The lowest BCUT2D eigenvalue weighted by molar-refractivity contribution is -0.118. The van der Waals surface area contributed by atoms with Crippen LogP contribution in [-0.2, 0) is 4.79 Å². The highest BCUT2D eigenvalue weighted by molar-refractivity contribution is 7.10. The molecule has 1 aromatic heterocycles. The molecule has 1 N–H and O–H groups in total. The van der Waals surface area contributed by atoms with Crippen molar-refractivity contribution >= 4 is 34.2 Å². The standard InChI is InChI=1S/C18H16ClN3O2S/c1-11-3-5-13(6-4-11)17-21-18(25-22-17)20-16(23)10-24-15-8-7-14(19)9-12(15)2/h3-9H,10H2,1-2H3,(H,20,21,22,23). The van der Waals surface area contributed by atoms with Gasteiger partial charge in [0.15, 0.2) is 12.4 Å². The molecule has 0 bridgehead atoms. The molecule has 0 fully saturated rings. The summed E-state index contributed by atoms with van der Waals surface area (Å²) in [6, 6.07) is 13.2. The average Bonchev–Trinajstić information content (AvgIpc) is 3.03. The van der Waals surface area contributed by atoms with E-state index in [0.717, 1.165) is 22.7 Å². The second kappa shape index (κ2) is 7.63. The van der Waals surface area contributed by atoms with Crippen molar-refractivity contribution in [1.82, 2.24) is 9.36 Å². The highest BCUT2D eigenvalue weighted by Crippen LogP contribution is 2.23. The molecule has 0 unspecified atom stereocenters. The zero-order valence-electron chi connectivity index (χ0n) is 13.7. The summed E-state index contributed by atoms with van der Waals surface area (Å²) in [5, 5.41) is 3.77. The molecule has 7 heteroatoms. The zero-order valence-corrected chi connectivity index (χ0v) is 15.3. The molecule has 128 valence electrons. The molecule has 0 atom stereocenters. The Morgan fingerprint density at radius 1 is 1.20 bits per heavy atom. The minimum atomic E-state index is -0.291. The molecule has 2 aromatic carbocycles. The van der Waals surface area contributed by atoms with Gasteiger partial charge in [0.2, 0.25) is 5.13 Å². The SMILES string of the molecule is Cc1ccc(-c2nsc(NC(=O)COc3ccc(Cl)cc3C)n2)cc1. The number of rotatable bonds is 5. The fraction of sp³-hybridized carbons (Fsp3) is 0.167. The fourth-order valence-corrected chi connectivity index (χ4v) is 3.00. The highest BCUT2D eigenvalue weighted by Gasteiger charge is 2.11. The lowest BCUT2D eigenvalue weighted by Crippen LogP contribution is -2.20. The molecule has 0 aliphatic carbocycles. The molecule has 0 radical (unpaired) electrons. The van der Waals surface area contributed by atoms with Crippen LogP contribution in [0.25, 0.3) is 11.4 Å². The van der Waals surface area contributed by atoms with Crippen molar-refractivity contribution in [1.29, 1.82) is 0 Å². The van der Waals surface area contributed by atoms with Gasteiger partial charge in [0.25, 0.3) is 5.91 Å². The van der Waals surface area contributed by atoms with E-state index >= 15 is 0 Å². The quantitative estimate of drug-likeness (QED) is 0.715. The molecule has 0 saturated carbocycles. The summed E-state index contributed by atoms with van der Waals surface area (Å²) >= 11 is 7.04.